The number of carbonyl (C=O) groups excluding carboxylic acids is 2. The summed E-state index contributed by atoms with van der Waals surface area (Å²) in [4.78, 5) is 41.0. The van der Waals surface area contributed by atoms with Crippen LogP contribution in [0.2, 0.25) is 0 Å². The second kappa shape index (κ2) is 15.6. The van der Waals surface area contributed by atoms with E-state index in [4.69, 9.17) is 25.2 Å². The van der Waals surface area contributed by atoms with E-state index in [0.717, 1.165) is 33.5 Å². The number of methoxy groups -OCH3 is 1. The zero-order valence-electron chi connectivity index (χ0n) is 30.8. The van der Waals surface area contributed by atoms with Crippen molar-refractivity contribution in [3.63, 3.8) is 0 Å². The Morgan fingerprint density at radius 3 is 2.60 bits per heavy atom. The number of carbonyl (C=O) groups is 2. The molecule has 2 amide bonds. The summed E-state index contributed by atoms with van der Waals surface area (Å²) in [7, 11) is 6.98. The van der Waals surface area contributed by atoms with Crippen LogP contribution in [0.3, 0.4) is 0 Å². The number of aromatic nitrogens is 1. The molecule has 0 saturated heterocycles. The van der Waals surface area contributed by atoms with Crippen molar-refractivity contribution in [1.82, 2.24) is 19.7 Å². The van der Waals surface area contributed by atoms with E-state index >= 15 is 4.39 Å². The normalized spacial score (nSPS) is 19.2. The van der Waals surface area contributed by atoms with Gasteiger partial charge in [-0.3, -0.25) is 19.5 Å². The maximum Gasteiger partial charge on any atom is 0.246 e. The fourth-order valence-electron chi connectivity index (χ4n) is 7.06. The first-order valence-electron chi connectivity index (χ1n) is 17.4. The highest BCUT2D eigenvalue weighted by Crippen LogP contribution is 2.45. The molecule has 2 aromatic heterocycles. The molecule has 10 nitrogen and oxygen atoms in total. The fraction of sp³-hybridized carbons (Fsp3) is 0.350. The van der Waals surface area contributed by atoms with Crippen LogP contribution in [-0.4, -0.2) is 103 Å². The minimum Gasteiger partial charge on any atom is -0.490 e. The number of halogens is 2. The summed E-state index contributed by atoms with van der Waals surface area (Å²) < 4.78 is 42.8. The van der Waals surface area contributed by atoms with Crippen LogP contribution in [0.25, 0.3) is 38.2 Å². The molecule has 278 valence electrons. The minimum absolute atomic E-state index is 0.00966. The third-order valence-electron chi connectivity index (χ3n) is 9.75. The Balaban J connectivity index is 1.57. The first kappa shape index (κ1) is 37.8. The molecule has 2 aromatic carbocycles. The van der Waals surface area contributed by atoms with Crippen LogP contribution >= 0.6 is 11.3 Å². The van der Waals surface area contributed by atoms with E-state index in [1.54, 1.807) is 30.0 Å². The van der Waals surface area contributed by atoms with Gasteiger partial charge in [0.25, 0.3) is 0 Å². The summed E-state index contributed by atoms with van der Waals surface area (Å²) in [5.41, 5.74) is 11.9. The van der Waals surface area contributed by atoms with Crippen molar-refractivity contribution < 1.29 is 27.8 Å². The van der Waals surface area contributed by atoms with Crippen molar-refractivity contribution in [1.29, 1.82) is 0 Å². The molecule has 2 aliphatic heterocycles. The molecular formula is C40H44F2N6O4S. The van der Waals surface area contributed by atoms with E-state index in [9.17, 15) is 14.0 Å². The van der Waals surface area contributed by atoms with Crippen LogP contribution in [0.1, 0.15) is 30.7 Å². The van der Waals surface area contributed by atoms with Gasteiger partial charge in [0, 0.05) is 62.9 Å². The SMILES string of the molecule is C=CC(=O)N1C[C@H](C)N=C(/C=C(\N)c2nc(-c3ccc4c(c3)CN(C)[C@@H](C(=O)N(C)C)C4)c3sccc3c2-c2c(F)cc(F)cc2OCCOC)[C@H]1C. The molecule has 13 heteroatoms. The van der Waals surface area contributed by atoms with Gasteiger partial charge in [0.1, 0.15) is 24.0 Å². The molecule has 2 N–H and O–H groups in total. The molecule has 0 radical (unpaired) electrons. The molecular weight excluding hydrogens is 699 g/mol. The Morgan fingerprint density at radius 1 is 1.11 bits per heavy atom. The molecule has 3 atom stereocenters. The average Bonchev–Trinajstić information content (AvgIpc) is 3.61. The van der Waals surface area contributed by atoms with Crippen LogP contribution < -0.4 is 10.5 Å². The molecule has 0 fully saturated rings. The fourth-order valence-corrected chi connectivity index (χ4v) is 7.97. The zero-order valence-corrected chi connectivity index (χ0v) is 31.6. The Hall–Kier alpha value is -4.98. The number of rotatable bonds is 10. The first-order chi connectivity index (χ1) is 25.3. The van der Waals surface area contributed by atoms with Gasteiger partial charge < -0.3 is 25.0 Å². The third-order valence-corrected chi connectivity index (χ3v) is 10.7. The number of nitrogens with zero attached hydrogens (tertiary/aromatic N) is 5. The van der Waals surface area contributed by atoms with Crippen molar-refractivity contribution in [2.45, 2.75) is 44.9 Å². The van der Waals surface area contributed by atoms with E-state index in [1.807, 2.05) is 49.4 Å². The lowest BCUT2D eigenvalue weighted by Crippen LogP contribution is -2.49. The van der Waals surface area contributed by atoms with E-state index in [2.05, 4.69) is 12.6 Å². The number of fused-ring (bicyclic) bond motifs is 2. The van der Waals surface area contributed by atoms with Gasteiger partial charge in [-0.05, 0) is 68.1 Å². The summed E-state index contributed by atoms with van der Waals surface area (Å²) in [5.74, 6) is -1.84. The molecule has 53 heavy (non-hydrogen) atoms. The van der Waals surface area contributed by atoms with Crippen molar-refractivity contribution in [3.8, 4) is 28.1 Å². The topological polar surface area (TPSA) is 114 Å². The van der Waals surface area contributed by atoms with Gasteiger partial charge in [0.2, 0.25) is 11.8 Å². The lowest BCUT2D eigenvalue weighted by molar-refractivity contribution is -0.134. The maximum atomic E-state index is 16.2. The van der Waals surface area contributed by atoms with Crippen LogP contribution in [-0.2, 0) is 27.3 Å². The second-order valence-electron chi connectivity index (χ2n) is 13.7. The van der Waals surface area contributed by atoms with Gasteiger partial charge in [0.05, 0.1) is 57.8 Å². The average molecular weight is 743 g/mol. The summed E-state index contributed by atoms with van der Waals surface area (Å²) >= 11 is 1.44. The number of amides is 2. The Bertz CT molecular complexity index is 2150. The molecule has 0 bridgehead atoms. The number of hydrogen-bond acceptors (Lipinski definition) is 9. The molecule has 0 spiro atoms. The maximum absolute atomic E-state index is 16.2. The van der Waals surface area contributed by atoms with Gasteiger partial charge in [-0.2, -0.15) is 0 Å². The number of hydrogen-bond donors (Lipinski definition) is 1. The van der Waals surface area contributed by atoms with Gasteiger partial charge in [-0.15, -0.1) is 11.3 Å². The predicted molar refractivity (Wildman–Crippen MR) is 206 cm³/mol. The van der Waals surface area contributed by atoms with E-state index in [1.165, 1.54) is 24.5 Å². The number of ether oxygens (including phenoxy) is 2. The standard InChI is InChI=1S/C40H44F2N6O4S/c1-8-34(49)48-20-22(2)44-31(23(48)3)19-30(43)38-35(36-29(42)17-27(41)18-33(36)52-13-12-51-7)28-11-14-53-39(28)37(45-38)25-10-9-24-16-32(40(50)46(4)5)47(6)21-26(24)15-25/h8-11,14-15,17-19,22-23,32H,1,12-13,16,20-21,43H2,2-7H3/b30-19-/t22-,23+,32+/m0/s1. The summed E-state index contributed by atoms with van der Waals surface area (Å²) in [5, 5.41) is 2.54. The largest absolute Gasteiger partial charge is 0.490 e. The Morgan fingerprint density at radius 2 is 1.89 bits per heavy atom. The van der Waals surface area contributed by atoms with Crippen LogP contribution in [0.4, 0.5) is 8.78 Å². The molecule has 4 heterocycles. The van der Waals surface area contributed by atoms with Crippen molar-refractivity contribution in [2.75, 3.05) is 48.0 Å². The van der Waals surface area contributed by atoms with E-state index < -0.39 is 17.7 Å². The van der Waals surface area contributed by atoms with Crippen molar-refractivity contribution in [3.05, 3.63) is 89.0 Å². The summed E-state index contributed by atoms with van der Waals surface area (Å²) in [6.45, 7) is 8.65. The number of benzene rings is 2. The van der Waals surface area contributed by atoms with E-state index in [0.29, 0.717) is 41.9 Å². The number of aliphatic imine (C=N–C) groups is 1. The monoisotopic (exact) mass is 742 g/mol. The van der Waals surface area contributed by atoms with Gasteiger partial charge in [0.15, 0.2) is 0 Å². The Labute approximate surface area is 312 Å². The third kappa shape index (κ3) is 7.46. The smallest absolute Gasteiger partial charge is 0.246 e. The van der Waals surface area contributed by atoms with Crippen LogP contribution in [0.5, 0.6) is 5.75 Å². The number of likely N-dealkylation sites (N-methyl/N-ethyl adjacent to an activating group) is 2. The first-order valence-corrected chi connectivity index (χ1v) is 18.2. The van der Waals surface area contributed by atoms with Gasteiger partial charge in [-0.25, -0.2) is 13.8 Å². The summed E-state index contributed by atoms with van der Waals surface area (Å²) in [6.07, 6.45) is 3.52. The van der Waals surface area contributed by atoms with Gasteiger partial charge >= 0.3 is 0 Å². The molecule has 4 aromatic rings. The second-order valence-corrected chi connectivity index (χ2v) is 14.6. The molecule has 6 rings (SSSR count). The molecule has 0 aliphatic carbocycles. The van der Waals surface area contributed by atoms with Crippen molar-refractivity contribution in [2.24, 2.45) is 10.7 Å². The van der Waals surface area contributed by atoms with E-state index in [-0.39, 0.29) is 59.8 Å². The van der Waals surface area contributed by atoms with Crippen molar-refractivity contribution >= 4 is 44.6 Å². The van der Waals surface area contributed by atoms with Crippen LogP contribution in [0.15, 0.2) is 65.5 Å². The highest BCUT2D eigenvalue weighted by molar-refractivity contribution is 7.17. The molecule has 0 unspecified atom stereocenters. The highest BCUT2D eigenvalue weighted by Gasteiger charge is 2.32. The molecule has 0 saturated carbocycles. The van der Waals surface area contributed by atoms with Crippen LogP contribution in [0, 0.1) is 11.6 Å². The zero-order chi connectivity index (χ0) is 38.1. The van der Waals surface area contributed by atoms with Gasteiger partial charge in [-0.1, -0.05) is 18.7 Å². The number of pyridine rings is 1. The number of thiophene rings is 1. The number of nitrogens with two attached hydrogens (primary N) is 1. The minimum atomic E-state index is -0.841. The predicted octanol–water partition coefficient (Wildman–Crippen LogP) is 5.92. The highest BCUT2D eigenvalue weighted by atomic mass is 32.1. The Kier molecular flexibility index (Phi) is 11.1. The summed E-state index contributed by atoms with van der Waals surface area (Å²) in [6, 6.07) is 9.02. The lowest BCUT2D eigenvalue weighted by Gasteiger charge is -2.34. The lowest BCUT2D eigenvalue weighted by atomic mass is 9.90. The molecule has 2 aliphatic rings. The quantitative estimate of drug-likeness (QED) is 0.159.